The molecule has 0 atom stereocenters. The van der Waals surface area contributed by atoms with Gasteiger partial charge in [0.15, 0.2) is 0 Å². The molecule has 0 unspecified atom stereocenters. The van der Waals surface area contributed by atoms with Crippen LogP contribution in [0, 0.1) is 0 Å². The molecule has 1 aliphatic rings. The van der Waals surface area contributed by atoms with Crippen molar-refractivity contribution in [3.05, 3.63) is 29.3 Å². The van der Waals surface area contributed by atoms with Crippen LogP contribution in [0.2, 0.25) is 0 Å². The van der Waals surface area contributed by atoms with Gasteiger partial charge in [0, 0.05) is 24.2 Å². The van der Waals surface area contributed by atoms with Crippen LogP contribution in [-0.4, -0.2) is 30.6 Å². The van der Waals surface area contributed by atoms with Crippen LogP contribution in [0.1, 0.15) is 44.7 Å². The minimum absolute atomic E-state index is 0.308. The Bertz CT molecular complexity index is 443. The molecule has 3 nitrogen and oxygen atoms in total. The molecule has 1 aromatic carbocycles. The van der Waals surface area contributed by atoms with E-state index in [0.29, 0.717) is 5.54 Å². The molecule has 20 heavy (non-hydrogen) atoms. The average Bonchev–Trinajstić information content (AvgIpc) is 2.76. The first kappa shape index (κ1) is 15.3. The summed E-state index contributed by atoms with van der Waals surface area (Å²) in [4.78, 5) is 2.57. The lowest BCUT2D eigenvalue weighted by molar-refractivity contribution is 0.165. The SMILES string of the molecule is CCNCc1ccc(OC)c(CN2CCCC2(C)C)c1. The Hall–Kier alpha value is -1.06. The van der Waals surface area contributed by atoms with Crippen LogP contribution in [0.5, 0.6) is 5.75 Å². The molecule has 3 heteroatoms. The van der Waals surface area contributed by atoms with E-state index in [1.807, 2.05) is 0 Å². The van der Waals surface area contributed by atoms with E-state index in [4.69, 9.17) is 4.74 Å². The molecule has 0 amide bonds. The van der Waals surface area contributed by atoms with Crippen molar-refractivity contribution in [2.75, 3.05) is 20.2 Å². The molecule has 1 aliphatic heterocycles. The standard InChI is InChI=1S/C17H28N2O/c1-5-18-12-14-7-8-16(20-4)15(11-14)13-19-10-6-9-17(19,2)3/h7-8,11,18H,5-6,9-10,12-13H2,1-4H3. The van der Waals surface area contributed by atoms with E-state index < -0.39 is 0 Å². The van der Waals surface area contributed by atoms with Crippen molar-refractivity contribution < 1.29 is 4.74 Å². The van der Waals surface area contributed by atoms with Gasteiger partial charge in [-0.1, -0.05) is 13.0 Å². The fourth-order valence-corrected chi connectivity index (χ4v) is 3.00. The number of benzene rings is 1. The smallest absolute Gasteiger partial charge is 0.123 e. The molecule has 1 fully saturated rings. The number of likely N-dealkylation sites (tertiary alicyclic amines) is 1. The number of nitrogens with zero attached hydrogens (tertiary/aromatic N) is 1. The quantitative estimate of drug-likeness (QED) is 0.863. The number of hydrogen-bond acceptors (Lipinski definition) is 3. The highest BCUT2D eigenvalue weighted by Gasteiger charge is 2.32. The fraction of sp³-hybridized carbons (Fsp3) is 0.647. The minimum atomic E-state index is 0.308. The van der Waals surface area contributed by atoms with Crippen molar-refractivity contribution in [2.24, 2.45) is 0 Å². The third kappa shape index (κ3) is 3.53. The van der Waals surface area contributed by atoms with Gasteiger partial charge in [0.05, 0.1) is 7.11 Å². The van der Waals surface area contributed by atoms with Gasteiger partial charge in [-0.25, -0.2) is 0 Å². The monoisotopic (exact) mass is 276 g/mol. The molecule has 0 spiro atoms. The van der Waals surface area contributed by atoms with Crippen LogP contribution in [0.25, 0.3) is 0 Å². The van der Waals surface area contributed by atoms with Crippen LogP contribution < -0.4 is 10.1 Å². The fourth-order valence-electron chi connectivity index (χ4n) is 3.00. The van der Waals surface area contributed by atoms with Gasteiger partial charge < -0.3 is 10.1 Å². The van der Waals surface area contributed by atoms with Crippen molar-refractivity contribution in [3.8, 4) is 5.75 Å². The van der Waals surface area contributed by atoms with E-state index in [0.717, 1.165) is 25.4 Å². The Kier molecular flexibility index (Phi) is 5.06. The number of rotatable bonds is 6. The molecule has 1 saturated heterocycles. The van der Waals surface area contributed by atoms with Crippen LogP contribution in [0.4, 0.5) is 0 Å². The predicted molar refractivity (Wildman–Crippen MR) is 84.1 cm³/mol. The van der Waals surface area contributed by atoms with E-state index >= 15 is 0 Å². The summed E-state index contributed by atoms with van der Waals surface area (Å²) in [6.45, 7) is 10.9. The maximum absolute atomic E-state index is 5.54. The Morgan fingerprint density at radius 2 is 2.15 bits per heavy atom. The van der Waals surface area contributed by atoms with Gasteiger partial charge in [-0.15, -0.1) is 0 Å². The van der Waals surface area contributed by atoms with E-state index in [-0.39, 0.29) is 0 Å². The summed E-state index contributed by atoms with van der Waals surface area (Å²) in [5.41, 5.74) is 2.94. The molecule has 1 heterocycles. The predicted octanol–water partition coefficient (Wildman–Crippen LogP) is 3.18. The van der Waals surface area contributed by atoms with E-state index in [2.05, 4.69) is 49.2 Å². The number of nitrogens with one attached hydrogen (secondary N) is 1. The molecule has 1 N–H and O–H groups in total. The summed E-state index contributed by atoms with van der Waals surface area (Å²) in [6, 6.07) is 6.54. The highest BCUT2D eigenvalue weighted by Crippen LogP contribution is 2.32. The molecular formula is C17H28N2O. The van der Waals surface area contributed by atoms with Gasteiger partial charge in [0.2, 0.25) is 0 Å². The second kappa shape index (κ2) is 6.59. The summed E-state index contributed by atoms with van der Waals surface area (Å²) in [5.74, 6) is 1.01. The van der Waals surface area contributed by atoms with Gasteiger partial charge >= 0.3 is 0 Å². The van der Waals surface area contributed by atoms with Crippen molar-refractivity contribution in [3.63, 3.8) is 0 Å². The number of methoxy groups -OCH3 is 1. The van der Waals surface area contributed by atoms with Crippen LogP contribution >= 0.6 is 0 Å². The van der Waals surface area contributed by atoms with Crippen molar-refractivity contribution in [1.29, 1.82) is 0 Å². The third-order valence-electron chi connectivity index (χ3n) is 4.36. The second-order valence-corrected chi connectivity index (χ2v) is 6.26. The normalized spacial score (nSPS) is 18.4. The highest BCUT2D eigenvalue weighted by atomic mass is 16.5. The van der Waals surface area contributed by atoms with Gasteiger partial charge in [-0.3, -0.25) is 4.90 Å². The largest absolute Gasteiger partial charge is 0.496 e. The lowest BCUT2D eigenvalue weighted by Crippen LogP contribution is -2.37. The molecule has 0 bridgehead atoms. The molecule has 112 valence electrons. The second-order valence-electron chi connectivity index (χ2n) is 6.26. The lowest BCUT2D eigenvalue weighted by atomic mass is 10.0. The molecule has 2 rings (SSSR count). The van der Waals surface area contributed by atoms with E-state index in [9.17, 15) is 0 Å². The van der Waals surface area contributed by atoms with Gasteiger partial charge in [-0.2, -0.15) is 0 Å². The Morgan fingerprint density at radius 3 is 2.75 bits per heavy atom. The maximum Gasteiger partial charge on any atom is 0.123 e. The topological polar surface area (TPSA) is 24.5 Å². The first-order valence-corrected chi connectivity index (χ1v) is 7.68. The van der Waals surface area contributed by atoms with Crippen molar-refractivity contribution in [1.82, 2.24) is 10.2 Å². The minimum Gasteiger partial charge on any atom is -0.496 e. The summed E-state index contributed by atoms with van der Waals surface area (Å²) in [7, 11) is 1.76. The average molecular weight is 276 g/mol. The van der Waals surface area contributed by atoms with Gasteiger partial charge in [-0.05, 0) is 57.5 Å². The number of hydrogen-bond donors (Lipinski definition) is 1. The zero-order valence-electron chi connectivity index (χ0n) is 13.3. The maximum atomic E-state index is 5.54. The molecular weight excluding hydrogens is 248 g/mol. The lowest BCUT2D eigenvalue weighted by Gasteiger charge is -2.32. The molecule has 0 radical (unpaired) electrons. The molecule has 1 aromatic rings. The van der Waals surface area contributed by atoms with E-state index in [1.165, 1.54) is 30.5 Å². The van der Waals surface area contributed by atoms with E-state index in [1.54, 1.807) is 7.11 Å². The Morgan fingerprint density at radius 1 is 1.35 bits per heavy atom. The first-order chi connectivity index (χ1) is 9.56. The van der Waals surface area contributed by atoms with Gasteiger partial charge in [0.25, 0.3) is 0 Å². The Labute approximate surface area is 123 Å². The highest BCUT2D eigenvalue weighted by molar-refractivity contribution is 5.37. The zero-order valence-corrected chi connectivity index (χ0v) is 13.3. The first-order valence-electron chi connectivity index (χ1n) is 7.68. The third-order valence-corrected chi connectivity index (χ3v) is 4.36. The van der Waals surface area contributed by atoms with Crippen LogP contribution in [0.3, 0.4) is 0 Å². The zero-order chi connectivity index (χ0) is 14.6. The Balaban J connectivity index is 2.15. The van der Waals surface area contributed by atoms with Crippen molar-refractivity contribution in [2.45, 2.75) is 52.2 Å². The van der Waals surface area contributed by atoms with Crippen molar-refractivity contribution >= 4 is 0 Å². The van der Waals surface area contributed by atoms with Crippen LogP contribution in [0.15, 0.2) is 18.2 Å². The van der Waals surface area contributed by atoms with Gasteiger partial charge in [0.1, 0.15) is 5.75 Å². The summed E-state index contributed by atoms with van der Waals surface area (Å²) < 4.78 is 5.54. The summed E-state index contributed by atoms with van der Waals surface area (Å²) >= 11 is 0. The number of ether oxygens (including phenoxy) is 1. The summed E-state index contributed by atoms with van der Waals surface area (Å²) in [6.07, 6.45) is 2.58. The summed E-state index contributed by atoms with van der Waals surface area (Å²) in [5, 5.41) is 3.38. The van der Waals surface area contributed by atoms with Crippen LogP contribution in [-0.2, 0) is 13.1 Å². The molecule has 0 aliphatic carbocycles. The molecule has 0 saturated carbocycles. The molecule has 0 aromatic heterocycles.